The van der Waals surface area contributed by atoms with Crippen LogP contribution in [0.15, 0.2) is 28.8 Å². The van der Waals surface area contributed by atoms with Crippen molar-refractivity contribution in [1.29, 1.82) is 0 Å². The van der Waals surface area contributed by atoms with Crippen LogP contribution in [0.2, 0.25) is 0 Å². The van der Waals surface area contributed by atoms with Gasteiger partial charge in [-0.15, -0.1) is 0 Å². The van der Waals surface area contributed by atoms with Gasteiger partial charge in [0.15, 0.2) is 0 Å². The van der Waals surface area contributed by atoms with E-state index in [1.54, 1.807) is 0 Å². The van der Waals surface area contributed by atoms with Gasteiger partial charge in [0.1, 0.15) is 0 Å². The van der Waals surface area contributed by atoms with Gasteiger partial charge in [0.2, 0.25) is 11.7 Å². The Morgan fingerprint density at radius 3 is 2.80 bits per heavy atom. The first-order valence-electron chi connectivity index (χ1n) is 6.33. The van der Waals surface area contributed by atoms with Crippen molar-refractivity contribution in [2.75, 3.05) is 14.1 Å². The number of aromatic nitrogens is 2. The quantitative estimate of drug-likeness (QED) is 0.866. The Kier molecular flexibility index (Phi) is 4.47. The lowest BCUT2D eigenvalue weighted by Crippen LogP contribution is -2.11. The van der Waals surface area contributed by atoms with E-state index in [2.05, 4.69) is 15.0 Å². The number of carboxylic acid groups (broad SMARTS) is 1. The summed E-state index contributed by atoms with van der Waals surface area (Å²) in [5, 5.41) is 12.6. The fourth-order valence-electron chi connectivity index (χ4n) is 1.90. The fourth-order valence-corrected chi connectivity index (χ4v) is 1.90. The third kappa shape index (κ3) is 3.64. The Hall–Kier alpha value is -2.21. The largest absolute Gasteiger partial charge is 0.481 e. The molecule has 0 saturated carbocycles. The molecular weight excluding hydrogens is 258 g/mol. The number of carboxylic acids is 1. The van der Waals surface area contributed by atoms with Crippen LogP contribution >= 0.6 is 0 Å². The van der Waals surface area contributed by atoms with Crippen LogP contribution in [-0.2, 0) is 17.8 Å². The first-order chi connectivity index (χ1) is 9.56. The lowest BCUT2D eigenvalue weighted by atomic mass is 10.1. The summed E-state index contributed by atoms with van der Waals surface area (Å²) in [6, 6.07) is 7.84. The highest BCUT2D eigenvalue weighted by molar-refractivity contribution is 5.67. The molecule has 2 aromatic rings. The number of benzene rings is 1. The molecule has 0 unspecified atom stereocenters. The molecule has 0 fully saturated rings. The van der Waals surface area contributed by atoms with Gasteiger partial charge in [0.25, 0.3) is 0 Å². The summed E-state index contributed by atoms with van der Waals surface area (Å²) in [5.74, 6) is -0.0253. The zero-order valence-corrected chi connectivity index (χ0v) is 11.5. The Labute approximate surface area is 117 Å². The summed E-state index contributed by atoms with van der Waals surface area (Å²) in [5.41, 5.74) is 2.01. The number of aliphatic carboxylic acids is 1. The fraction of sp³-hybridized carbons (Fsp3) is 0.357. The van der Waals surface area contributed by atoms with Crippen molar-refractivity contribution in [2.24, 2.45) is 0 Å². The number of hydrogen-bond donors (Lipinski definition) is 1. The molecule has 20 heavy (non-hydrogen) atoms. The zero-order valence-electron chi connectivity index (χ0n) is 11.5. The molecule has 0 aliphatic heterocycles. The molecule has 0 spiro atoms. The van der Waals surface area contributed by atoms with E-state index in [1.807, 2.05) is 38.4 Å². The number of nitrogens with zero attached hydrogens (tertiary/aromatic N) is 3. The average Bonchev–Trinajstić information content (AvgIpc) is 2.85. The molecule has 0 bridgehead atoms. The number of rotatable bonds is 6. The Balaban J connectivity index is 2.21. The Morgan fingerprint density at radius 2 is 2.10 bits per heavy atom. The monoisotopic (exact) mass is 275 g/mol. The second-order valence-corrected chi connectivity index (χ2v) is 4.80. The first-order valence-corrected chi connectivity index (χ1v) is 6.33. The summed E-state index contributed by atoms with van der Waals surface area (Å²) >= 11 is 0. The molecule has 1 N–H and O–H groups in total. The topological polar surface area (TPSA) is 79.5 Å². The van der Waals surface area contributed by atoms with Gasteiger partial charge in [0.05, 0.1) is 6.42 Å². The molecule has 6 heteroatoms. The van der Waals surface area contributed by atoms with E-state index in [0.717, 1.165) is 17.7 Å². The third-order valence-electron chi connectivity index (χ3n) is 2.77. The lowest BCUT2D eigenvalue weighted by Gasteiger charge is -2.11. The van der Waals surface area contributed by atoms with Crippen molar-refractivity contribution in [3.8, 4) is 11.4 Å². The predicted octanol–water partition coefficient (Wildman–Crippen LogP) is 1.82. The van der Waals surface area contributed by atoms with Crippen LogP contribution in [0.5, 0.6) is 0 Å². The molecule has 1 aromatic carbocycles. The highest BCUT2D eigenvalue weighted by Crippen LogP contribution is 2.22. The van der Waals surface area contributed by atoms with Crippen LogP contribution in [0, 0.1) is 0 Å². The summed E-state index contributed by atoms with van der Waals surface area (Å²) < 4.78 is 5.09. The number of carbonyl (C=O) groups is 1. The molecule has 1 aromatic heterocycles. The van der Waals surface area contributed by atoms with Crippen LogP contribution < -0.4 is 0 Å². The van der Waals surface area contributed by atoms with E-state index in [1.165, 1.54) is 0 Å². The van der Waals surface area contributed by atoms with Crippen LogP contribution in [0.4, 0.5) is 0 Å². The minimum absolute atomic E-state index is 0.0129. The van der Waals surface area contributed by atoms with Crippen molar-refractivity contribution in [1.82, 2.24) is 15.0 Å². The van der Waals surface area contributed by atoms with Gasteiger partial charge < -0.3 is 14.5 Å². The Bertz CT molecular complexity index is 593. The van der Waals surface area contributed by atoms with Gasteiger partial charge in [-0.25, -0.2) is 0 Å². The van der Waals surface area contributed by atoms with E-state index in [4.69, 9.17) is 9.63 Å². The van der Waals surface area contributed by atoms with E-state index < -0.39 is 5.97 Å². The summed E-state index contributed by atoms with van der Waals surface area (Å²) in [4.78, 5) is 16.8. The molecular formula is C14H17N3O3. The molecule has 1 heterocycles. The van der Waals surface area contributed by atoms with Gasteiger partial charge in [-0.2, -0.15) is 4.98 Å². The first kappa shape index (κ1) is 14.2. The van der Waals surface area contributed by atoms with Crippen molar-refractivity contribution >= 4 is 5.97 Å². The maximum Gasteiger partial charge on any atom is 0.303 e. The van der Waals surface area contributed by atoms with E-state index >= 15 is 0 Å². The maximum absolute atomic E-state index is 10.5. The average molecular weight is 275 g/mol. The molecule has 106 valence electrons. The van der Waals surface area contributed by atoms with Crippen molar-refractivity contribution in [3.05, 3.63) is 35.7 Å². The van der Waals surface area contributed by atoms with Crippen LogP contribution in [0.3, 0.4) is 0 Å². The van der Waals surface area contributed by atoms with Gasteiger partial charge in [0, 0.05) is 18.5 Å². The van der Waals surface area contributed by atoms with Crippen LogP contribution in [0.25, 0.3) is 11.4 Å². The molecule has 0 aliphatic rings. The normalized spacial score (nSPS) is 10.9. The molecule has 2 rings (SSSR count). The summed E-state index contributed by atoms with van der Waals surface area (Å²) in [6.45, 7) is 0.773. The summed E-state index contributed by atoms with van der Waals surface area (Å²) in [6.07, 6.45) is 0.235. The number of aryl methyl sites for hydroxylation is 1. The van der Waals surface area contributed by atoms with Gasteiger partial charge in [-0.3, -0.25) is 4.79 Å². The highest BCUT2D eigenvalue weighted by atomic mass is 16.5. The molecule has 0 amide bonds. The number of hydrogen-bond acceptors (Lipinski definition) is 5. The highest BCUT2D eigenvalue weighted by Gasteiger charge is 2.13. The van der Waals surface area contributed by atoms with Gasteiger partial charge >= 0.3 is 5.97 Å². The smallest absolute Gasteiger partial charge is 0.303 e. The second-order valence-electron chi connectivity index (χ2n) is 4.80. The minimum atomic E-state index is -0.877. The van der Waals surface area contributed by atoms with E-state index in [9.17, 15) is 4.79 Å². The molecule has 0 radical (unpaired) electrons. The van der Waals surface area contributed by atoms with Gasteiger partial charge in [-0.1, -0.05) is 29.4 Å². The Morgan fingerprint density at radius 1 is 1.35 bits per heavy atom. The van der Waals surface area contributed by atoms with E-state index in [0.29, 0.717) is 11.7 Å². The molecule has 6 nitrogen and oxygen atoms in total. The zero-order chi connectivity index (χ0) is 14.5. The summed E-state index contributed by atoms with van der Waals surface area (Å²) in [7, 11) is 3.98. The second kappa shape index (κ2) is 6.29. The van der Waals surface area contributed by atoms with Crippen molar-refractivity contribution in [3.63, 3.8) is 0 Å². The third-order valence-corrected chi connectivity index (χ3v) is 2.77. The van der Waals surface area contributed by atoms with Gasteiger partial charge in [-0.05, 0) is 19.7 Å². The minimum Gasteiger partial charge on any atom is -0.481 e. The maximum atomic E-state index is 10.5. The SMILES string of the molecule is CN(C)Cc1ccccc1-c1noc(CCC(=O)O)n1. The molecule has 0 atom stereocenters. The van der Waals surface area contributed by atoms with E-state index in [-0.39, 0.29) is 12.8 Å². The van der Waals surface area contributed by atoms with Crippen LogP contribution in [-0.4, -0.2) is 40.2 Å². The molecule has 0 saturated heterocycles. The predicted molar refractivity (Wildman–Crippen MR) is 73.1 cm³/mol. The van der Waals surface area contributed by atoms with Crippen LogP contribution in [0.1, 0.15) is 17.9 Å². The molecule has 0 aliphatic carbocycles. The lowest BCUT2D eigenvalue weighted by molar-refractivity contribution is -0.137. The van der Waals surface area contributed by atoms with Crippen molar-refractivity contribution in [2.45, 2.75) is 19.4 Å². The van der Waals surface area contributed by atoms with Crippen molar-refractivity contribution < 1.29 is 14.4 Å². The standard InChI is InChI=1S/C14H17N3O3/c1-17(2)9-10-5-3-4-6-11(10)14-15-12(20-16-14)7-8-13(18)19/h3-6H,7-9H2,1-2H3,(H,18,19).